The van der Waals surface area contributed by atoms with E-state index >= 15 is 0 Å². The van der Waals surface area contributed by atoms with Crippen molar-refractivity contribution in [3.8, 4) is 0 Å². The summed E-state index contributed by atoms with van der Waals surface area (Å²) < 4.78 is 80.1. The maximum atomic E-state index is 13.4. The predicted octanol–water partition coefficient (Wildman–Crippen LogP) is 8.75. The lowest BCUT2D eigenvalue weighted by molar-refractivity contribution is -0.138. The predicted molar refractivity (Wildman–Crippen MR) is 158 cm³/mol. The van der Waals surface area contributed by atoms with Crippen molar-refractivity contribution in [3.05, 3.63) is 144 Å². The summed E-state index contributed by atoms with van der Waals surface area (Å²) in [6.07, 6.45) is -2.70. The second-order valence-electron chi connectivity index (χ2n) is 9.71. The topological polar surface area (TPSA) is 0 Å². The Bertz CT molecular complexity index is 1410. The van der Waals surface area contributed by atoms with Gasteiger partial charge in [0.2, 0.25) is 0 Å². The van der Waals surface area contributed by atoms with Crippen molar-refractivity contribution in [2.45, 2.75) is 24.9 Å². The van der Waals surface area contributed by atoms with E-state index in [-0.39, 0.29) is 11.6 Å². The van der Waals surface area contributed by atoms with Gasteiger partial charge in [-0.15, -0.1) is 0 Å². The van der Waals surface area contributed by atoms with Gasteiger partial charge in [0.15, 0.2) is 0 Å². The molecule has 1 aliphatic carbocycles. The quantitative estimate of drug-likeness (QED) is 0.147. The molecule has 5 rings (SSSR count). The standard InChI is InChI=1S/C33H26F6P2/c1-23(30-13-8-14-31(30)41(26-9-4-2-5-10-26)27-11-6-3-7-12-27)40(28-19-15-24(16-20-28)32(34,35)36)29-21-17-25(18-22-29)33(37,38)39/h2-23,30H,1H3. The first-order valence-corrected chi connectivity index (χ1v) is 15.7. The number of benzene rings is 4. The highest BCUT2D eigenvalue weighted by atomic mass is 31.1. The fourth-order valence-electron chi connectivity index (χ4n) is 5.12. The van der Waals surface area contributed by atoms with Gasteiger partial charge in [-0.3, -0.25) is 0 Å². The molecular weight excluding hydrogens is 572 g/mol. The smallest absolute Gasteiger partial charge is 0.166 e. The summed E-state index contributed by atoms with van der Waals surface area (Å²) in [6, 6.07) is 30.5. The fourth-order valence-corrected chi connectivity index (χ4v) is 10.7. The average molecular weight is 599 g/mol. The zero-order valence-corrected chi connectivity index (χ0v) is 23.7. The number of halogens is 6. The monoisotopic (exact) mass is 598 g/mol. The molecule has 1 aliphatic rings. The molecule has 0 radical (unpaired) electrons. The second-order valence-corrected chi connectivity index (χ2v) is 14.5. The Labute approximate surface area is 237 Å². The van der Waals surface area contributed by atoms with Crippen molar-refractivity contribution >= 4 is 37.1 Å². The van der Waals surface area contributed by atoms with Crippen molar-refractivity contribution in [2.75, 3.05) is 0 Å². The van der Waals surface area contributed by atoms with E-state index in [1.165, 1.54) is 40.2 Å². The van der Waals surface area contributed by atoms with Crippen LogP contribution in [0.5, 0.6) is 0 Å². The van der Waals surface area contributed by atoms with E-state index in [9.17, 15) is 26.3 Å². The van der Waals surface area contributed by atoms with Gasteiger partial charge in [-0.05, 0) is 72.3 Å². The minimum Gasteiger partial charge on any atom is -0.166 e. The SMILES string of the molecule is CC(C1C=CC=C1P(c1ccccc1)c1ccccc1)P(c1ccc(C(F)(F)F)cc1)c1ccc(C(F)(F)F)cc1. The largest absolute Gasteiger partial charge is 0.416 e. The van der Waals surface area contributed by atoms with Crippen LogP contribution >= 0.6 is 15.8 Å². The van der Waals surface area contributed by atoms with Gasteiger partial charge in [0, 0.05) is 5.92 Å². The van der Waals surface area contributed by atoms with Crippen LogP contribution in [0.25, 0.3) is 0 Å². The molecule has 0 fully saturated rings. The normalized spacial score (nSPS) is 16.3. The van der Waals surface area contributed by atoms with E-state index in [0.717, 1.165) is 24.3 Å². The molecule has 0 nitrogen and oxygen atoms in total. The van der Waals surface area contributed by atoms with Gasteiger partial charge in [0.05, 0.1) is 11.1 Å². The molecule has 210 valence electrons. The van der Waals surface area contributed by atoms with Crippen molar-refractivity contribution < 1.29 is 26.3 Å². The van der Waals surface area contributed by atoms with Crippen molar-refractivity contribution in [2.24, 2.45) is 5.92 Å². The van der Waals surface area contributed by atoms with Crippen molar-refractivity contribution in [1.82, 2.24) is 0 Å². The van der Waals surface area contributed by atoms with Crippen LogP contribution < -0.4 is 21.2 Å². The van der Waals surface area contributed by atoms with E-state index in [0.29, 0.717) is 10.6 Å². The molecule has 2 atom stereocenters. The second kappa shape index (κ2) is 12.0. The van der Waals surface area contributed by atoms with Gasteiger partial charge < -0.3 is 0 Å². The molecule has 0 spiro atoms. The molecule has 8 heteroatoms. The minimum absolute atomic E-state index is 0.0581. The summed E-state index contributed by atoms with van der Waals surface area (Å²) in [6.45, 7) is 2.05. The zero-order valence-electron chi connectivity index (χ0n) is 21.9. The third-order valence-corrected chi connectivity index (χ3v) is 12.5. The average Bonchev–Trinajstić information content (AvgIpc) is 3.43. The number of hydrogen-bond donors (Lipinski definition) is 0. The minimum atomic E-state index is -4.48. The highest BCUT2D eigenvalue weighted by Gasteiger charge is 2.36. The number of allylic oxidation sites excluding steroid dienone is 4. The summed E-state index contributed by atoms with van der Waals surface area (Å²) >= 11 is 0. The molecule has 0 saturated heterocycles. The Hall–Kier alpha value is -3.20. The van der Waals surface area contributed by atoms with Crippen LogP contribution in [-0.2, 0) is 12.4 Å². The number of rotatable bonds is 7. The lowest BCUT2D eigenvalue weighted by atomic mass is 10.1. The summed E-state index contributed by atoms with van der Waals surface area (Å²) in [4.78, 5) is 0. The molecule has 41 heavy (non-hydrogen) atoms. The first-order chi connectivity index (χ1) is 19.5. The molecule has 4 aromatic rings. The molecule has 0 heterocycles. The Morgan fingerprint density at radius 3 is 1.37 bits per heavy atom. The first kappa shape index (κ1) is 29.3. The van der Waals surface area contributed by atoms with Gasteiger partial charge >= 0.3 is 12.4 Å². The Morgan fingerprint density at radius 1 is 0.561 bits per heavy atom. The van der Waals surface area contributed by atoms with Gasteiger partial charge in [-0.25, -0.2) is 0 Å². The van der Waals surface area contributed by atoms with Crippen LogP contribution in [0.1, 0.15) is 18.1 Å². The fraction of sp³-hybridized carbons (Fsp3) is 0.152. The molecule has 0 bridgehead atoms. The van der Waals surface area contributed by atoms with Crippen molar-refractivity contribution in [3.63, 3.8) is 0 Å². The van der Waals surface area contributed by atoms with Gasteiger partial charge in [0.25, 0.3) is 0 Å². The van der Waals surface area contributed by atoms with Crippen LogP contribution in [0.2, 0.25) is 0 Å². The van der Waals surface area contributed by atoms with Crippen molar-refractivity contribution in [1.29, 1.82) is 0 Å². The molecular formula is C33H26F6P2. The molecule has 4 aromatic carbocycles. The lowest BCUT2D eigenvalue weighted by Crippen LogP contribution is -2.27. The summed E-state index contributed by atoms with van der Waals surface area (Å²) in [5.74, 6) is -0.0581. The van der Waals surface area contributed by atoms with Gasteiger partial charge in [-0.1, -0.05) is 110 Å². The maximum absolute atomic E-state index is 13.4. The summed E-state index contributed by atoms with van der Waals surface area (Å²) in [7, 11) is -2.24. The summed E-state index contributed by atoms with van der Waals surface area (Å²) in [5.41, 5.74) is -1.62. The van der Waals surface area contributed by atoms with Crippen LogP contribution in [0.3, 0.4) is 0 Å². The third kappa shape index (κ3) is 6.50. The van der Waals surface area contributed by atoms with E-state index in [1.807, 2.05) is 42.5 Å². The van der Waals surface area contributed by atoms with Crippen LogP contribution in [0.15, 0.2) is 133 Å². The molecule has 0 aliphatic heterocycles. The van der Waals surface area contributed by atoms with Crippen LogP contribution in [0, 0.1) is 5.92 Å². The first-order valence-electron chi connectivity index (χ1n) is 13.0. The molecule has 0 saturated carbocycles. The Kier molecular flexibility index (Phi) is 8.55. The van der Waals surface area contributed by atoms with E-state index in [1.54, 1.807) is 0 Å². The van der Waals surface area contributed by atoms with Gasteiger partial charge in [0.1, 0.15) is 0 Å². The highest BCUT2D eigenvalue weighted by molar-refractivity contribution is 7.77. The maximum Gasteiger partial charge on any atom is 0.416 e. The number of hydrogen-bond acceptors (Lipinski definition) is 0. The van der Waals surface area contributed by atoms with Crippen LogP contribution in [0.4, 0.5) is 26.3 Å². The van der Waals surface area contributed by atoms with Crippen LogP contribution in [-0.4, -0.2) is 5.66 Å². The highest BCUT2D eigenvalue weighted by Crippen LogP contribution is 2.55. The van der Waals surface area contributed by atoms with E-state index in [2.05, 4.69) is 43.3 Å². The molecule has 0 amide bonds. The van der Waals surface area contributed by atoms with E-state index in [4.69, 9.17) is 0 Å². The third-order valence-electron chi connectivity index (χ3n) is 7.09. The van der Waals surface area contributed by atoms with Gasteiger partial charge in [-0.2, -0.15) is 26.3 Å². The lowest BCUT2D eigenvalue weighted by Gasteiger charge is -2.34. The molecule has 0 N–H and O–H groups in total. The molecule has 0 aromatic heterocycles. The Morgan fingerprint density at radius 2 is 0.976 bits per heavy atom. The van der Waals surface area contributed by atoms with E-state index < -0.39 is 39.3 Å². The summed E-state index contributed by atoms with van der Waals surface area (Å²) in [5, 5.41) is 4.92. The Balaban J connectivity index is 1.57. The molecule has 2 unspecified atom stereocenters. The number of alkyl halides is 6. The zero-order chi connectivity index (χ0) is 29.2.